The van der Waals surface area contributed by atoms with E-state index in [0.29, 0.717) is 11.5 Å². The van der Waals surface area contributed by atoms with Crippen LogP contribution < -0.4 is 9.47 Å². The molecule has 1 heterocycles. The van der Waals surface area contributed by atoms with Crippen molar-refractivity contribution in [3.8, 4) is 11.5 Å². The Morgan fingerprint density at radius 3 is 2.80 bits per heavy atom. The molecule has 4 nitrogen and oxygen atoms in total. The van der Waals surface area contributed by atoms with Crippen LogP contribution in [0, 0.1) is 0 Å². The lowest BCUT2D eigenvalue weighted by atomic mass is 10.2. The summed E-state index contributed by atoms with van der Waals surface area (Å²) in [7, 11) is 1.54. The van der Waals surface area contributed by atoms with Gasteiger partial charge in [0, 0.05) is 30.1 Å². The third kappa shape index (κ3) is 1.79. The van der Waals surface area contributed by atoms with Gasteiger partial charge in [-0.05, 0) is 12.1 Å². The summed E-state index contributed by atoms with van der Waals surface area (Å²) in [5, 5.41) is 0.979. The highest BCUT2D eigenvalue weighted by molar-refractivity contribution is 5.84. The molecule has 0 fully saturated rings. The monoisotopic (exact) mass is 205 g/mol. The SMILES string of the molecule is COc1cc2[nH]ccc2cc1OC(C)=O. The topological polar surface area (TPSA) is 51.3 Å². The number of hydrogen-bond acceptors (Lipinski definition) is 3. The van der Waals surface area contributed by atoms with E-state index < -0.39 is 0 Å². The van der Waals surface area contributed by atoms with Crippen LogP contribution in [0.25, 0.3) is 10.9 Å². The third-order valence-corrected chi connectivity index (χ3v) is 2.09. The maximum absolute atomic E-state index is 10.9. The van der Waals surface area contributed by atoms with E-state index in [-0.39, 0.29) is 5.97 Å². The van der Waals surface area contributed by atoms with Crippen molar-refractivity contribution < 1.29 is 14.3 Å². The minimum absolute atomic E-state index is 0.358. The number of carbonyl (C=O) groups is 1. The van der Waals surface area contributed by atoms with Gasteiger partial charge in [-0.25, -0.2) is 0 Å². The van der Waals surface area contributed by atoms with Crippen molar-refractivity contribution in [3.05, 3.63) is 24.4 Å². The number of nitrogens with one attached hydrogen (secondary N) is 1. The van der Waals surface area contributed by atoms with Gasteiger partial charge in [0.2, 0.25) is 0 Å². The number of aromatic nitrogens is 1. The number of benzene rings is 1. The van der Waals surface area contributed by atoms with Gasteiger partial charge in [-0.3, -0.25) is 4.79 Å². The minimum Gasteiger partial charge on any atom is -0.493 e. The normalized spacial score (nSPS) is 10.3. The summed E-state index contributed by atoms with van der Waals surface area (Å²) < 4.78 is 10.2. The average molecular weight is 205 g/mol. The molecule has 0 aliphatic heterocycles. The number of esters is 1. The zero-order valence-electron chi connectivity index (χ0n) is 8.53. The number of rotatable bonds is 2. The van der Waals surface area contributed by atoms with Gasteiger partial charge in [-0.2, -0.15) is 0 Å². The summed E-state index contributed by atoms with van der Waals surface area (Å²) in [6.45, 7) is 1.36. The quantitative estimate of drug-likeness (QED) is 0.603. The molecule has 1 aromatic heterocycles. The molecule has 0 atom stereocenters. The Hall–Kier alpha value is -1.97. The second-order valence-corrected chi connectivity index (χ2v) is 3.16. The molecule has 0 aliphatic rings. The van der Waals surface area contributed by atoms with Gasteiger partial charge < -0.3 is 14.5 Å². The lowest BCUT2D eigenvalue weighted by Gasteiger charge is -2.07. The van der Waals surface area contributed by atoms with Gasteiger partial charge in [0.05, 0.1) is 7.11 Å². The molecular formula is C11H11NO3. The van der Waals surface area contributed by atoms with Gasteiger partial charge in [0.1, 0.15) is 0 Å². The summed E-state index contributed by atoms with van der Waals surface area (Å²) in [5.41, 5.74) is 0.947. The van der Waals surface area contributed by atoms with Gasteiger partial charge >= 0.3 is 5.97 Å². The molecular weight excluding hydrogens is 194 g/mol. The molecule has 0 amide bonds. The molecule has 78 valence electrons. The second-order valence-electron chi connectivity index (χ2n) is 3.16. The Morgan fingerprint density at radius 1 is 1.33 bits per heavy atom. The van der Waals surface area contributed by atoms with E-state index in [9.17, 15) is 4.79 Å². The summed E-state index contributed by atoms with van der Waals surface area (Å²) in [6.07, 6.45) is 1.82. The smallest absolute Gasteiger partial charge is 0.308 e. The lowest BCUT2D eigenvalue weighted by Crippen LogP contribution is -2.02. The molecule has 2 rings (SSSR count). The number of H-pyrrole nitrogens is 1. The maximum Gasteiger partial charge on any atom is 0.308 e. The minimum atomic E-state index is -0.358. The summed E-state index contributed by atoms with van der Waals surface area (Å²) in [6, 6.07) is 5.47. The molecule has 0 radical (unpaired) electrons. The summed E-state index contributed by atoms with van der Waals surface area (Å²) >= 11 is 0. The van der Waals surface area contributed by atoms with E-state index in [1.807, 2.05) is 12.3 Å². The Morgan fingerprint density at radius 2 is 2.13 bits per heavy atom. The molecule has 0 unspecified atom stereocenters. The van der Waals surface area contributed by atoms with E-state index in [1.54, 1.807) is 12.1 Å². The van der Waals surface area contributed by atoms with Crippen molar-refractivity contribution in [1.29, 1.82) is 0 Å². The number of methoxy groups -OCH3 is 1. The number of carbonyl (C=O) groups excluding carboxylic acids is 1. The van der Waals surface area contributed by atoms with Crippen molar-refractivity contribution in [2.45, 2.75) is 6.92 Å². The predicted molar refractivity (Wildman–Crippen MR) is 56.2 cm³/mol. The first-order chi connectivity index (χ1) is 7.20. The molecule has 0 aliphatic carbocycles. The Kier molecular flexibility index (Phi) is 2.33. The molecule has 0 bridgehead atoms. The number of aromatic amines is 1. The first kappa shape index (κ1) is 9.58. The molecule has 0 spiro atoms. The zero-order valence-corrected chi connectivity index (χ0v) is 8.53. The molecule has 1 aromatic carbocycles. The number of fused-ring (bicyclic) bond motifs is 1. The van der Waals surface area contributed by atoms with Crippen molar-refractivity contribution >= 4 is 16.9 Å². The molecule has 1 N–H and O–H groups in total. The van der Waals surface area contributed by atoms with Gasteiger partial charge in [-0.1, -0.05) is 0 Å². The fourth-order valence-corrected chi connectivity index (χ4v) is 1.45. The highest BCUT2D eigenvalue weighted by Gasteiger charge is 2.09. The largest absolute Gasteiger partial charge is 0.493 e. The Labute approximate surface area is 86.8 Å². The fourth-order valence-electron chi connectivity index (χ4n) is 1.45. The highest BCUT2D eigenvalue weighted by Crippen LogP contribution is 2.31. The van der Waals surface area contributed by atoms with Crippen LogP contribution in [-0.4, -0.2) is 18.1 Å². The van der Waals surface area contributed by atoms with Gasteiger partial charge in [-0.15, -0.1) is 0 Å². The maximum atomic E-state index is 10.9. The van der Waals surface area contributed by atoms with Crippen LogP contribution in [0.4, 0.5) is 0 Å². The van der Waals surface area contributed by atoms with Crippen molar-refractivity contribution in [3.63, 3.8) is 0 Å². The first-order valence-electron chi connectivity index (χ1n) is 4.54. The number of ether oxygens (including phenoxy) is 2. The zero-order chi connectivity index (χ0) is 10.8. The third-order valence-electron chi connectivity index (χ3n) is 2.09. The van der Waals surface area contributed by atoms with Gasteiger partial charge in [0.25, 0.3) is 0 Å². The molecule has 0 saturated heterocycles. The van der Waals surface area contributed by atoms with Crippen LogP contribution in [0.1, 0.15) is 6.92 Å². The Balaban J connectivity index is 2.54. The molecule has 0 saturated carbocycles. The Bertz CT molecular complexity index is 502. The predicted octanol–water partition coefficient (Wildman–Crippen LogP) is 2.10. The summed E-state index contributed by atoms with van der Waals surface area (Å²) in [5.74, 6) is 0.625. The molecule has 15 heavy (non-hydrogen) atoms. The van der Waals surface area contributed by atoms with Crippen molar-refractivity contribution in [1.82, 2.24) is 4.98 Å². The highest BCUT2D eigenvalue weighted by atomic mass is 16.6. The first-order valence-corrected chi connectivity index (χ1v) is 4.54. The fraction of sp³-hybridized carbons (Fsp3) is 0.182. The average Bonchev–Trinajstić information content (AvgIpc) is 2.62. The van der Waals surface area contributed by atoms with Crippen LogP contribution in [0.15, 0.2) is 24.4 Å². The molecule has 2 aromatic rings. The lowest BCUT2D eigenvalue weighted by molar-refractivity contribution is -0.131. The second kappa shape index (κ2) is 3.65. The van der Waals surface area contributed by atoms with E-state index in [0.717, 1.165) is 10.9 Å². The van der Waals surface area contributed by atoms with Crippen LogP contribution in [0.2, 0.25) is 0 Å². The van der Waals surface area contributed by atoms with Crippen LogP contribution >= 0.6 is 0 Å². The van der Waals surface area contributed by atoms with Crippen molar-refractivity contribution in [2.75, 3.05) is 7.11 Å². The van der Waals surface area contributed by atoms with Crippen LogP contribution in [0.5, 0.6) is 11.5 Å². The van der Waals surface area contributed by atoms with Crippen molar-refractivity contribution in [2.24, 2.45) is 0 Å². The van der Waals surface area contributed by atoms with Gasteiger partial charge in [0.15, 0.2) is 11.5 Å². The van der Waals surface area contributed by atoms with E-state index in [4.69, 9.17) is 9.47 Å². The molecule has 4 heteroatoms. The number of hydrogen-bond donors (Lipinski definition) is 1. The van der Waals surface area contributed by atoms with Crippen LogP contribution in [-0.2, 0) is 4.79 Å². The standard InChI is InChI=1S/C11H11NO3/c1-7(13)15-11-5-8-3-4-12-9(8)6-10(11)14-2/h3-6,12H,1-2H3. The summed E-state index contributed by atoms with van der Waals surface area (Å²) in [4.78, 5) is 13.9. The van der Waals surface area contributed by atoms with Crippen LogP contribution in [0.3, 0.4) is 0 Å². The van der Waals surface area contributed by atoms with E-state index in [2.05, 4.69) is 4.98 Å². The van der Waals surface area contributed by atoms with E-state index >= 15 is 0 Å². The van der Waals surface area contributed by atoms with E-state index in [1.165, 1.54) is 14.0 Å².